The molecule has 0 radical (unpaired) electrons. The van der Waals surface area contributed by atoms with Crippen molar-refractivity contribution in [2.45, 2.75) is 51.2 Å². The van der Waals surface area contributed by atoms with Crippen LogP contribution in [-0.2, 0) is 10.0 Å². The molecule has 2 N–H and O–H groups in total. The van der Waals surface area contributed by atoms with E-state index in [1.54, 1.807) is 19.1 Å². The zero-order chi connectivity index (χ0) is 16.9. The first-order valence-electron chi connectivity index (χ1n) is 7.98. The standard InChI is InChI=1S/C16H24FNO4S/c1-12(18-23(20,21)10-4-9-19)13-7-8-15(17)16(11-13)22-14-5-2-3-6-14/h7-8,11-12,14,18-19H,2-6,9-10H2,1H3. The Kier molecular flexibility index (Phi) is 6.38. The van der Waals surface area contributed by atoms with Gasteiger partial charge in [-0.2, -0.15) is 0 Å². The molecule has 0 heterocycles. The summed E-state index contributed by atoms with van der Waals surface area (Å²) in [5.41, 5.74) is 0.645. The molecule has 0 aromatic heterocycles. The van der Waals surface area contributed by atoms with Crippen LogP contribution in [0.25, 0.3) is 0 Å². The van der Waals surface area contributed by atoms with Crippen LogP contribution < -0.4 is 9.46 Å². The predicted molar refractivity (Wildman–Crippen MR) is 86.3 cm³/mol. The number of ether oxygens (including phenoxy) is 1. The van der Waals surface area contributed by atoms with E-state index in [-0.39, 0.29) is 30.6 Å². The minimum atomic E-state index is -3.48. The van der Waals surface area contributed by atoms with Crippen molar-refractivity contribution in [3.05, 3.63) is 29.6 Å². The summed E-state index contributed by atoms with van der Waals surface area (Å²) in [6.07, 6.45) is 4.25. The lowest BCUT2D eigenvalue weighted by molar-refractivity contribution is 0.200. The summed E-state index contributed by atoms with van der Waals surface area (Å²) in [6.45, 7) is 1.52. The van der Waals surface area contributed by atoms with Gasteiger partial charge in [-0.1, -0.05) is 6.07 Å². The van der Waals surface area contributed by atoms with Crippen molar-refractivity contribution in [1.82, 2.24) is 4.72 Å². The fourth-order valence-electron chi connectivity index (χ4n) is 2.72. The quantitative estimate of drug-likeness (QED) is 0.759. The number of halogens is 1. The van der Waals surface area contributed by atoms with E-state index in [9.17, 15) is 12.8 Å². The monoisotopic (exact) mass is 345 g/mol. The maximum Gasteiger partial charge on any atom is 0.212 e. The van der Waals surface area contributed by atoms with E-state index in [0.29, 0.717) is 5.56 Å². The van der Waals surface area contributed by atoms with E-state index < -0.39 is 21.9 Å². The van der Waals surface area contributed by atoms with Crippen LogP contribution in [0.3, 0.4) is 0 Å². The van der Waals surface area contributed by atoms with Crippen LogP contribution in [0.15, 0.2) is 18.2 Å². The molecule has 1 atom stereocenters. The summed E-state index contributed by atoms with van der Waals surface area (Å²) >= 11 is 0. The Morgan fingerprint density at radius 3 is 2.74 bits per heavy atom. The molecule has 1 aromatic rings. The Morgan fingerprint density at radius 1 is 1.39 bits per heavy atom. The number of benzene rings is 1. The number of nitrogens with one attached hydrogen (secondary N) is 1. The van der Waals surface area contributed by atoms with Gasteiger partial charge in [0.05, 0.1) is 11.9 Å². The number of rotatable bonds is 8. The van der Waals surface area contributed by atoms with Gasteiger partial charge >= 0.3 is 0 Å². The zero-order valence-electron chi connectivity index (χ0n) is 13.3. The largest absolute Gasteiger partial charge is 0.487 e. The van der Waals surface area contributed by atoms with Crippen LogP contribution in [0.4, 0.5) is 4.39 Å². The average molecular weight is 345 g/mol. The fraction of sp³-hybridized carbons (Fsp3) is 0.625. The predicted octanol–water partition coefficient (Wildman–Crippen LogP) is 2.51. The van der Waals surface area contributed by atoms with Crippen molar-refractivity contribution in [3.63, 3.8) is 0 Å². The molecule has 2 rings (SSSR count). The molecule has 7 heteroatoms. The van der Waals surface area contributed by atoms with Crippen molar-refractivity contribution in [2.24, 2.45) is 0 Å². The molecule has 5 nitrogen and oxygen atoms in total. The second-order valence-corrected chi connectivity index (χ2v) is 7.82. The lowest BCUT2D eigenvalue weighted by Gasteiger charge is -2.18. The maximum absolute atomic E-state index is 13.9. The molecule has 1 aromatic carbocycles. The summed E-state index contributed by atoms with van der Waals surface area (Å²) in [5.74, 6) is -0.396. The van der Waals surface area contributed by atoms with Crippen molar-refractivity contribution in [2.75, 3.05) is 12.4 Å². The highest BCUT2D eigenvalue weighted by Crippen LogP contribution is 2.28. The van der Waals surface area contributed by atoms with Crippen molar-refractivity contribution < 1.29 is 22.7 Å². The highest BCUT2D eigenvalue weighted by atomic mass is 32.2. The summed E-state index contributed by atoms with van der Waals surface area (Å²) in [7, 11) is -3.48. The van der Waals surface area contributed by atoms with Crippen molar-refractivity contribution >= 4 is 10.0 Å². The third kappa shape index (κ3) is 5.44. The Labute approximate surface area is 136 Å². The molecule has 1 unspecified atom stereocenters. The second kappa shape index (κ2) is 8.08. The highest BCUT2D eigenvalue weighted by Gasteiger charge is 2.20. The van der Waals surface area contributed by atoms with Crippen LogP contribution >= 0.6 is 0 Å². The van der Waals surface area contributed by atoms with Crippen molar-refractivity contribution in [3.8, 4) is 5.75 Å². The molecule has 0 amide bonds. The smallest absolute Gasteiger partial charge is 0.212 e. The van der Waals surface area contributed by atoms with E-state index in [2.05, 4.69) is 4.72 Å². The van der Waals surface area contributed by atoms with Gasteiger partial charge in [0.15, 0.2) is 11.6 Å². The normalized spacial score (nSPS) is 17.3. The molecule has 1 fully saturated rings. The van der Waals surface area contributed by atoms with E-state index in [1.165, 1.54) is 6.07 Å². The number of aliphatic hydroxyl groups excluding tert-OH is 1. The van der Waals surface area contributed by atoms with Crippen LogP contribution in [0.2, 0.25) is 0 Å². The topological polar surface area (TPSA) is 75.6 Å². The van der Waals surface area contributed by atoms with Gasteiger partial charge in [0.2, 0.25) is 10.0 Å². The zero-order valence-corrected chi connectivity index (χ0v) is 14.1. The minimum Gasteiger partial charge on any atom is -0.487 e. The van der Waals surface area contributed by atoms with E-state index in [0.717, 1.165) is 25.7 Å². The van der Waals surface area contributed by atoms with E-state index in [1.807, 2.05) is 0 Å². The second-order valence-electron chi connectivity index (χ2n) is 5.95. The maximum atomic E-state index is 13.9. The van der Waals surface area contributed by atoms with Crippen molar-refractivity contribution in [1.29, 1.82) is 0 Å². The van der Waals surface area contributed by atoms with Crippen LogP contribution in [0.5, 0.6) is 5.75 Å². The molecule has 0 saturated heterocycles. The third-order valence-corrected chi connectivity index (χ3v) is 5.52. The molecular weight excluding hydrogens is 321 g/mol. The molecule has 23 heavy (non-hydrogen) atoms. The molecule has 1 saturated carbocycles. The van der Waals surface area contributed by atoms with Crippen LogP contribution in [0.1, 0.15) is 50.6 Å². The molecule has 0 spiro atoms. The van der Waals surface area contributed by atoms with Gasteiger partial charge in [-0.25, -0.2) is 17.5 Å². The number of hydrogen-bond donors (Lipinski definition) is 2. The van der Waals surface area contributed by atoms with Gasteiger partial charge in [0.1, 0.15) is 0 Å². The Balaban J connectivity index is 2.06. The van der Waals surface area contributed by atoms with Gasteiger partial charge < -0.3 is 9.84 Å². The van der Waals surface area contributed by atoms with Gasteiger partial charge in [-0.15, -0.1) is 0 Å². The lowest BCUT2D eigenvalue weighted by Crippen LogP contribution is -2.29. The Hall–Kier alpha value is -1.18. The molecule has 1 aliphatic rings. The SMILES string of the molecule is CC(NS(=O)(=O)CCCO)c1ccc(F)c(OC2CCCC2)c1. The summed E-state index contributed by atoms with van der Waals surface area (Å²) in [5, 5.41) is 8.73. The summed E-state index contributed by atoms with van der Waals surface area (Å²) < 4.78 is 45.9. The van der Waals surface area contributed by atoms with Crippen LogP contribution in [0, 0.1) is 5.82 Å². The molecule has 130 valence electrons. The average Bonchev–Trinajstić information content (AvgIpc) is 3.00. The Bertz CT molecular complexity index is 615. The first kappa shape index (κ1) is 18.2. The summed E-state index contributed by atoms with van der Waals surface area (Å²) in [4.78, 5) is 0. The van der Waals surface area contributed by atoms with E-state index >= 15 is 0 Å². The first-order valence-corrected chi connectivity index (χ1v) is 9.63. The lowest BCUT2D eigenvalue weighted by atomic mass is 10.1. The number of aliphatic hydroxyl groups is 1. The summed E-state index contributed by atoms with van der Waals surface area (Å²) in [6, 6.07) is 3.92. The van der Waals surface area contributed by atoms with Gasteiger partial charge in [0, 0.05) is 12.6 Å². The van der Waals surface area contributed by atoms with E-state index in [4.69, 9.17) is 9.84 Å². The first-order chi connectivity index (χ1) is 10.9. The molecule has 0 aliphatic heterocycles. The molecular formula is C16H24FNO4S. The van der Waals surface area contributed by atoms with Crippen LogP contribution in [-0.4, -0.2) is 32.0 Å². The third-order valence-electron chi connectivity index (χ3n) is 3.98. The molecule has 0 bridgehead atoms. The van der Waals surface area contributed by atoms with Gasteiger partial charge in [-0.3, -0.25) is 0 Å². The highest BCUT2D eigenvalue weighted by molar-refractivity contribution is 7.89. The minimum absolute atomic E-state index is 0.0382. The van der Waals surface area contributed by atoms with Gasteiger partial charge in [-0.05, 0) is 56.7 Å². The number of hydrogen-bond acceptors (Lipinski definition) is 4. The number of sulfonamides is 1. The Morgan fingerprint density at radius 2 is 2.09 bits per heavy atom. The fourth-order valence-corrected chi connectivity index (χ4v) is 4.02. The van der Waals surface area contributed by atoms with Gasteiger partial charge in [0.25, 0.3) is 0 Å². The molecule has 1 aliphatic carbocycles.